The van der Waals surface area contributed by atoms with E-state index in [1.807, 2.05) is 49.1 Å². The zero-order valence-electron chi connectivity index (χ0n) is 19.9. The predicted octanol–water partition coefficient (Wildman–Crippen LogP) is 5.90. The highest BCUT2D eigenvalue weighted by molar-refractivity contribution is 8.04. The van der Waals surface area contributed by atoms with Gasteiger partial charge in [0, 0.05) is 36.5 Å². The first-order chi connectivity index (χ1) is 16.0. The molecule has 0 spiro atoms. The molecule has 2 aliphatic rings. The molecule has 33 heavy (non-hydrogen) atoms. The zero-order valence-corrected chi connectivity index (χ0v) is 20.7. The monoisotopic (exact) mass is 462 g/mol. The number of carbonyl (C=O) groups excluding carboxylic acids is 2. The SMILES string of the molecule is CCN(CC)C(=O)c1ccc(/C=C2/SC3CCCCC3N(Cc3ccccc3C)C2=O)cc1. The van der Waals surface area contributed by atoms with Crippen LogP contribution in [0.3, 0.4) is 0 Å². The Bertz CT molecular complexity index is 1030. The number of rotatable bonds is 6. The van der Waals surface area contributed by atoms with Crippen LogP contribution in [0.15, 0.2) is 53.4 Å². The van der Waals surface area contributed by atoms with Crippen molar-refractivity contribution in [2.75, 3.05) is 13.1 Å². The van der Waals surface area contributed by atoms with Gasteiger partial charge in [-0.1, -0.05) is 49.2 Å². The van der Waals surface area contributed by atoms with E-state index in [9.17, 15) is 9.59 Å². The Balaban J connectivity index is 1.58. The highest BCUT2D eigenvalue weighted by atomic mass is 32.2. The highest BCUT2D eigenvalue weighted by Crippen LogP contribution is 2.42. The number of thioether (sulfide) groups is 1. The minimum atomic E-state index is 0.0526. The average Bonchev–Trinajstić information content (AvgIpc) is 2.84. The van der Waals surface area contributed by atoms with Crippen molar-refractivity contribution in [2.24, 2.45) is 0 Å². The second kappa shape index (κ2) is 10.6. The second-order valence-corrected chi connectivity index (χ2v) is 10.3. The first-order valence-electron chi connectivity index (χ1n) is 12.1. The Kier molecular flexibility index (Phi) is 7.59. The molecule has 1 heterocycles. The summed E-state index contributed by atoms with van der Waals surface area (Å²) in [7, 11) is 0. The van der Waals surface area contributed by atoms with Crippen LogP contribution in [0.4, 0.5) is 0 Å². The quantitative estimate of drug-likeness (QED) is 0.502. The average molecular weight is 463 g/mol. The third kappa shape index (κ3) is 5.19. The van der Waals surface area contributed by atoms with Crippen molar-refractivity contribution in [3.63, 3.8) is 0 Å². The lowest BCUT2D eigenvalue weighted by Crippen LogP contribution is -2.50. The van der Waals surface area contributed by atoms with Crippen molar-refractivity contribution in [1.29, 1.82) is 0 Å². The van der Waals surface area contributed by atoms with E-state index in [1.54, 1.807) is 11.8 Å². The van der Waals surface area contributed by atoms with Crippen LogP contribution in [0.25, 0.3) is 6.08 Å². The fourth-order valence-electron chi connectivity index (χ4n) is 4.90. The van der Waals surface area contributed by atoms with E-state index in [0.717, 1.165) is 23.3 Å². The summed E-state index contributed by atoms with van der Waals surface area (Å²) in [6.45, 7) is 8.17. The molecule has 0 aromatic heterocycles. The molecule has 2 unspecified atom stereocenters. The molecule has 4 nitrogen and oxygen atoms in total. The van der Waals surface area contributed by atoms with Gasteiger partial charge in [-0.15, -0.1) is 11.8 Å². The molecule has 2 aromatic carbocycles. The molecule has 1 aliphatic carbocycles. The largest absolute Gasteiger partial charge is 0.339 e. The number of carbonyl (C=O) groups is 2. The Hall–Kier alpha value is -2.53. The van der Waals surface area contributed by atoms with Crippen LogP contribution in [0.2, 0.25) is 0 Å². The van der Waals surface area contributed by atoms with Gasteiger partial charge in [0.25, 0.3) is 11.8 Å². The first kappa shape index (κ1) is 23.6. The molecule has 4 rings (SSSR count). The summed E-state index contributed by atoms with van der Waals surface area (Å²) in [6.07, 6.45) is 6.68. The van der Waals surface area contributed by atoms with Gasteiger partial charge in [-0.05, 0) is 68.5 Å². The maximum absolute atomic E-state index is 13.6. The van der Waals surface area contributed by atoms with Crippen LogP contribution in [0.1, 0.15) is 66.6 Å². The molecule has 0 N–H and O–H groups in total. The van der Waals surface area contributed by atoms with Gasteiger partial charge in [-0.25, -0.2) is 0 Å². The van der Waals surface area contributed by atoms with Gasteiger partial charge in [-0.2, -0.15) is 0 Å². The topological polar surface area (TPSA) is 40.6 Å². The zero-order chi connectivity index (χ0) is 23.4. The molecule has 0 bridgehead atoms. The summed E-state index contributed by atoms with van der Waals surface area (Å²) in [6, 6.07) is 16.3. The van der Waals surface area contributed by atoms with Crippen LogP contribution >= 0.6 is 11.8 Å². The summed E-state index contributed by atoms with van der Waals surface area (Å²) >= 11 is 1.75. The van der Waals surface area contributed by atoms with E-state index in [-0.39, 0.29) is 11.8 Å². The Labute approximate surface area is 202 Å². The first-order valence-corrected chi connectivity index (χ1v) is 13.0. The molecular weight excluding hydrogens is 428 g/mol. The lowest BCUT2D eigenvalue weighted by Gasteiger charge is -2.44. The van der Waals surface area contributed by atoms with Crippen LogP contribution in [0, 0.1) is 6.92 Å². The standard InChI is InChI=1S/C28H34N2O2S/c1-4-29(5-2)27(31)22-16-14-21(15-17-22)18-26-28(32)30(19-23-11-7-6-10-20(23)3)24-12-8-9-13-25(24)33-26/h6-7,10-11,14-18,24-25H,4-5,8-9,12-13,19H2,1-3H3/b26-18+. The van der Waals surface area contributed by atoms with Crippen molar-refractivity contribution >= 4 is 29.7 Å². The van der Waals surface area contributed by atoms with Crippen molar-refractivity contribution in [1.82, 2.24) is 9.80 Å². The third-order valence-corrected chi connectivity index (χ3v) is 8.33. The minimum absolute atomic E-state index is 0.0526. The van der Waals surface area contributed by atoms with Crippen LogP contribution in [-0.2, 0) is 11.3 Å². The lowest BCUT2D eigenvalue weighted by atomic mass is 9.92. The smallest absolute Gasteiger partial charge is 0.260 e. The van der Waals surface area contributed by atoms with E-state index in [4.69, 9.17) is 0 Å². The number of hydrogen-bond acceptors (Lipinski definition) is 3. The number of fused-ring (bicyclic) bond motifs is 1. The van der Waals surface area contributed by atoms with Crippen molar-refractivity contribution in [2.45, 2.75) is 64.3 Å². The van der Waals surface area contributed by atoms with Crippen molar-refractivity contribution in [3.05, 3.63) is 75.7 Å². The number of aryl methyl sites for hydroxylation is 1. The van der Waals surface area contributed by atoms with E-state index in [0.29, 0.717) is 36.5 Å². The Morgan fingerprint density at radius 3 is 2.45 bits per heavy atom. The van der Waals surface area contributed by atoms with Gasteiger partial charge in [0.15, 0.2) is 0 Å². The summed E-state index contributed by atoms with van der Waals surface area (Å²) < 4.78 is 0. The normalized spacial score (nSPS) is 21.7. The van der Waals surface area contributed by atoms with E-state index >= 15 is 0 Å². The van der Waals surface area contributed by atoms with Gasteiger partial charge in [-0.3, -0.25) is 9.59 Å². The molecule has 2 fully saturated rings. The van der Waals surface area contributed by atoms with Crippen LogP contribution in [-0.4, -0.2) is 46.0 Å². The van der Waals surface area contributed by atoms with Gasteiger partial charge in [0.1, 0.15) is 0 Å². The van der Waals surface area contributed by atoms with Crippen LogP contribution in [0.5, 0.6) is 0 Å². The number of benzene rings is 2. The van der Waals surface area contributed by atoms with E-state index in [1.165, 1.54) is 24.0 Å². The van der Waals surface area contributed by atoms with Crippen molar-refractivity contribution < 1.29 is 9.59 Å². The lowest BCUT2D eigenvalue weighted by molar-refractivity contribution is -0.130. The maximum atomic E-state index is 13.6. The van der Waals surface area contributed by atoms with E-state index < -0.39 is 0 Å². The summed E-state index contributed by atoms with van der Waals surface area (Å²) in [5, 5.41) is 0.454. The van der Waals surface area contributed by atoms with Gasteiger partial charge < -0.3 is 9.80 Å². The van der Waals surface area contributed by atoms with Gasteiger partial charge in [0.2, 0.25) is 0 Å². The van der Waals surface area contributed by atoms with Gasteiger partial charge in [0.05, 0.1) is 4.91 Å². The molecule has 1 saturated carbocycles. The molecule has 5 heteroatoms. The Morgan fingerprint density at radius 1 is 1.06 bits per heavy atom. The number of nitrogens with zero attached hydrogens (tertiary/aromatic N) is 2. The summed E-state index contributed by atoms with van der Waals surface area (Å²) in [4.78, 5) is 31.0. The molecule has 0 radical (unpaired) electrons. The fraction of sp³-hybridized carbons (Fsp3) is 0.429. The molecule has 174 valence electrons. The summed E-state index contributed by atoms with van der Waals surface area (Å²) in [5.74, 6) is 0.187. The number of hydrogen-bond donors (Lipinski definition) is 0. The maximum Gasteiger partial charge on any atom is 0.260 e. The van der Waals surface area contributed by atoms with Crippen LogP contribution < -0.4 is 0 Å². The third-order valence-electron chi connectivity index (χ3n) is 6.93. The van der Waals surface area contributed by atoms with Crippen molar-refractivity contribution in [3.8, 4) is 0 Å². The number of amides is 2. The van der Waals surface area contributed by atoms with Gasteiger partial charge >= 0.3 is 0 Å². The highest BCUT2D eigenvalue weighted by Gasteiger charge is 2.40. The minimum Gasteiger partial charge on any atom is -0.339 e. The molecule has 2 amide bonds. The molecule has 2 atom stereocenters. The fourth-order valence-corrected chi connectivity index (χ4v) is 6.37. The predicted molar refractivity (Wildman–Crippen MR) is 137 cm³/mol. The Morgan fingerprint density at radius 2 is 1.76 bits per heavy atom. The summed E-state index contributed by atoms with van der Waals surface area (Å²) in [5.41, 5.74) is 4.11. The molecular formula is C28H34N2O2S. The molecule has 2 aromatic rings. The second-order valence-electron chi connectivity index (χ2n) is 8.98. The molecule has 1 aliphatic heterocycles. The van der Waals surface area contributed by atoms with E-state index in [2.05, 4.69) is 36.1 Å². The molecule has 1 saturated heterocycles.